The molecule has 0 N–H and O–H groups in total. The molecule has 0 rings (SSSR count). The van der Waals surface area contributed by atoms with Crippen LogP contribution in [0.3, 0.4) is 0 Å². The van der Waals surface area contributed by atoms with Crippen molar-refractivity contribution in [3.8, 4) is 23.7 Å². The highest BCUT2D eigenvalue weighted by molar-refractivity contribution is 5.24. The van der Waals surface area contributed by atoms with Crippen LogP contribution in [0.15, 0.2) is 12.2 Å². The van der Waals surface area contributed by atoms with Gasteiger partial charge in [-0.1, -0.05) is 37.5 Å². The van der Waals surface area contributed by atoms with Crippen LogP contribution >= 0.6 is 0 Å². The van der Waals surface area contributed by atoms with Crippen molar-refractivity contribution in [3.63, 3.8) is 0 Å². The molecule has 0 bridgehead atoms. The van der Waals surface area contributed by atoms with Gasteiger partial charge in [0.1, 0.15) is 0 Å². The molecule has 52 valence electrons. The van der Waals surface area contributed by atoms with Crippen LogP contribution in [0.1, 0.15) is 26.7 Å². The first kappa shape index (κ1) is 8.86. The summed E-state index contributed by atoms with van der Waals surface area (Å²) < 4.78 is 0. The summed E-state index contributed by atoms with van der Waals surface area (Å²) in [4.78, 5) is 0. The summed E-state index contributed by atoms with van der Waals surface area (Å²) >= 11 is 0. The maximum Gasteiger partial charge on any atom is 0.00638 e. The predicted molar refractivity (Wildman–Crippen MR) is 45.3 cm³/mol. The van der Waals surface area contributed by atoms with Crippen molar-refractivity contribution in [1.29, 1.82) is 0 Å². The first-order chi connectivity index (χ1) is 4.91. The third-order valence-electron chi connectivity index (χ3n) is 0.808. The van der Waals surface area contributed by atoms with Crippen LogP contribution in [-0.4, -0.2) is 0 Å². The molecule has 0 aromatic rings. The van der Waals surface area contributed by atoms with Gasteiger partial charge in [-0.25, -0.2) is 0 Å². The SMILES string of the molecule is CCC#C/C=C/C#CCC. The van der Waals surface area contributed by atoms with Gasteiger partial charge in [-0.2, -0.15) is 0 Å². The minimum Gasteiger partial charge on any atom is -0.0988 e. The Morgan fingerprint density at radius 1 is 0.900 bits per heavy atom. The van der Waals surface area contributed by atoms with Gasteiger partial charge in [0.25, 0.3) is 0 Å². The fourth-order valence-electron chi connectivity index (χ4n) is 0.405. The number of hydrogen-bond donors (Lipinski definition) is 0. The van der Waals surface area contributed by atoms with E-state index >= 15 is 0 Å². The summed E-state index contributed by atoms with van der Waals surface area (Å²) in [6.45, 7) is 4.05. The lowest BCUT2D eigenvalue weighted by Crippen LogP contribution is -1.54. The van der Waals surface area contributed by atoms with Crippen molar-refractivity contribution in [2.75, 3.05) is 0 Å². The maximum absolute atomic E-state index is 2.92. The van der Waals surface area contributed by atoms with Gasteiger partial charge in [-0.3, -0.25) is 0 Å². The van der Waals surface area contributed by atoms with Gasteiger partial charge in [-0.15, -0.1) is 0 Å². The Morgan fingerprint density at radius 3 is 1.60 bits per heavy atom. The zero-order valence-corrected chi connectivity index (χ0v) is 6.57. The molecule has 0 heteroatoms. The zero-order valence-electron chi connectivity index (χ0n) is 6.57. The number of rotatable bonds is 0. The molecule has 0 aliphatic carbocycles. The highest BCUT2D eigenvalue weighted by atomic mass is 13.6. The quantitative estimate of drug-likeness (QED) is 0.444. The fraction of sp³-hybridized carbons (Fsp3) is 0.400. The Labute approximate surface area is 63.3 Å². The average Bonchev–Trinajstić information content (AvgIpc) is 1.97. The summed E-state index contributed by atoms with van der Waals surface area (Å²) in [6.07, 6.45) is 5.38. The minimum absolute atomic E-state index is 0.908. The molecule has 0 aromatic heterocycles. The summed E-state index contributed by atoms with van der Waals surface area (Å²) in [5.41, 5.74) is 0. The lowest BCUT2D eigenvalue weighted by Gasteiger charge is -1.66. The van der Waals surface area contributed by atoms with Crippen LogP contribution in [0.4, 0.5) is 0 Å². The molecule has 0 nitrogen and oxygen atoms in total. The number of allylic oxidation sites excluding steroid dienone is 2. The highest BCUT2D eigenvalue weighted by Gasteiger charge is 1.59. The lowest BCUT2D eigenvalue weighted by atomic mass is 10.4. The molecule has 0 aliphatic rings. The van der Waals surface area contributed by atoms with Crippen molar-refractivity contribution in [2.24, 2.45) is 0 Å². The van der Waals surface area contributed by atoms with Crippen LogP contribution in [0.2, 0.25) is 0 Å². The van der Waals surface area contributed by atoms with E-state index < -0.39 is 0 Å². The topological polar surface area (TPSA) is 0 Å². The second-order valence-electron chi connectivity index (χ2n) is 1.68. The van der Waals surface area contributed by atoms with E-state index in [1.807, 2.05) is 13.8 Å². The van der Waals surface area contributed by atoms with E-state index in [2.05, 4.69) is 23.7 Å². The van der Waals surface area contributed by atoms with E-state index in [1.165, 1.54) is 0 Å². The van der Waals surface area contributed by atoms with E-state index in [0.29, 0.717) is 0 Å². The smallest absolute Gasteiger partial charge is 0.00638 e. The molecule has 0 spiro atoms. The molecule has 0 saturated heterocycles. The first-order valence-electron chi connectivity index (χ1n) is 3.53. The van der Waals surface area contributed by atoms with Gasteiger partial charge in [0.2, 0.25) is 0 Å². The molecule has 0 radical (unpaired) electrons. The second kappa shape index (κ2) is 7.86. The van der Waals surface area contributed by atoms with Crippen LogP contribution in [0.25, 0.3) is 0 Å². The molecule has 0 atom stereocenters. The molecule has 0 aliphatic heterocycles. The molecule has 0 amide bonds. The first-order valence-corrected chi connectivity index (χ1v) is 3.53. The molecule has 0 saturated carbocycles. The predicted octanol–water partition coefficient (Wildman–Crippen LogP) is 2.37. The third kappa shape index (κ3) is 6.86. The van der Waals surface area contributed by atoms with Gasteiger partial charge in [0.05, 0.1) is 0 Å². The van der Waals surface area contributed by atoms with E-state index in [0.717, 1.165) is 12.8 Å². The molecule has 0 fully saturated rings. The molecule has 0 aromatic carbocycles. The average molecular weight is 132 g/mol. The highest BCUT2D eigenvalue weighted by Crippen LogP contribution is 1.72. The largest absolute Gasteiger partial charge is 0.0988 e. The monoisotopic (exact) mass is 132 g/mol. The maximum atomic E-state index is 2.92. The van der Waals surface area contributed by atoms with Crippen LogP contribution in [0.5, 0.6) is 0 Å². The Morgan fingerprint density at radius 2 is 1.30 bits per heavy atom. The van der Waals surface area contributed by atoms with Crippen molar-refractivity contribution < 1.29 is 0 Å². The van der Waals surface area contributed by atoms with Gasteiger partial charge in [0, 0.05) is 12.8 Å². The van der Waals surface area contributed by atoms with Crippen molar-refractivity contribution in [1.82, 2.24) is 0 Å². The van der Waals surface area contributed by atoms with Gasteiger partial charge >= 0.3 is 0 Å². The van der Waals surface area contributed by atoms with E-state index in [4.69, 9.17) is 0 Å². The molecular weight excluding hydrogens is 120 g/mol. The zero-order chi connectivity index (χ0) is 7.66. The fourth-order valence-corrected chi connectivity index (χ4v) is 0.405. The Bertz CT molecular complexity index is 176. The van der Waals surface area contributed by atoms with Crippen LogP contribution in [-0.2, 0) is 0 Å². The normalized spacial score (nSPS) is 7.80. The van der Waals surface area contributed by atoms with Crippen molar-refractivity contribution >= 4 is 0 Å². The Hall–Kier alpha value is -1.14. The van der Waals surface area contributed by atoms with Gasteiger partial charge in [0.15, 0.2) is 0 Å². The van der Waals surface area contributed by atoms with E-state index in [-0.39, 0.29) is 0 Å². The third-order valence-corrected chi connectivity index (χ3v) is 0.808. The minimum atomic E-state index is 0.908. The van der Waals surface area contributed by atoms with E-state index in [9.17, 15) is 0 Å². The summed E-state index contributed by atoms with van der Waals surface area (Å²) in [5, 5.41) is 0. The Balaban J connectivity index is 3.56. The standard InChI is InChI=1S/C10H12/c1-3-5-7-9-10-8-6-4-2/h9-10H,3-4H2,1-2H3/b10-9+. The Kier molecular flexibility index (Phi) is 6.96. The van der Waals surface area contributed by atoms with Gasteiger partial charge < -0.3 is 0 Å². The van der Waals surface area contributed by atoms with E-state index in [1.54, 1.807) is 12.2 Å². The van der Waals surface area contributed by atoms with Crippen molar-refractivity contribution in [2.45, 2.75) is 26.7 Å². The van der Waals surface area contributed by atoms with Crippen LogP contribution < -0.4 is 0 Å². The lowest BCUT2D eigenvalue weighted by molar-refractivity contribution is 1.28. The summed E-state index contributed by atoms with van der Waals surface area (Å²) in [6, 6.07) is 0. The summed E-state index contributed by atoms with van der Waals surface area (Å²) in [5.74, 6) is 11.6. The summed E-state index contributed by atoms with van der Waals surface area (Å²) in [7, 11) is 0. The van der Waals surface area contributed by atoms with Crippen molar-refractivity contribution in [3.05, 3.63) is 12.2 Å². The molecule has 0 heterocycles. The molecule has 10 heavy (non-hydrogen) atoms. The van der Waals surface area contributed by atoms with Gasteiger partial charge in [-0.05, 0) is 12.2 Å². The molecule has 0 unspecified atom stereocenters. The van der Waals surface area contributed by atoms with Crippen LogP contribution in [0, 0.1) is 23.7 Å². The molecular formula is C10H12. The number of hydrogen-bond acceptors (Lipinski definition) is 0. The second-order valence-corrected chi connectivity index (χ2v) is 1.68.